The summed E-state index contributed by atoms with van der Waals surface area (Å²) in [5.74, 6) is -2.85. The van der Waals surface area contributed by atoms with Crippen LogP contribution in [-0.4, -0.2) is 15.8 Å². The monoisotopic (exact) mass is 293 g/mol. The van der Waals surface area contributed by atoms with Crippen LogP contribution in [0.4, 0.5) is 20.2 Å². The van der Waals surface area contributed by atoms with E-state index in [4.69, 9.17) is 0 Å². The first kappa shape index (κ1) is 14.5. The minimum absolute atomic E-state index is 0.0195. The molecule has 1 aromatic carbocycles. The fraction of sp³-hybridized carbons (Fsp3) is 0.0769. The van der Waals surface area contributed by atoms with Gasteiger partial charge < -0.3 is 5.32 Å². The van der Waals surface area contributed by atoms with Gasteiger partial charge in [-0.2, -0.15) is 0 Å². The zero-order valence-corrected chi connectivity index (χ0v) is 10.8. The van der Waals surface area contributed by atoms with Gasteiger partial charge in [0.25, 0.3) is 11.6 Å². The Morgan fingerprint density at radius 3 is 2.62 bits per heavy atom. The number of nitrogens with zero attached hydrogens (tertiary/aromatic N) is 2. The smallest absolute Gasteiger partial charge is 0.288 e. The molecule has 0 aliphatic carbocycles. The summed E-state index contributed by atoms with van der Waals surface area (Å²) in [5, 5.41) is 13.0. The first-order chi connectivity index (χ1) is 9.88. The summed E-state index contributed by atoms with van der Waals surface area (Å²) < 4.78 is 25.8. The van der Waals surface area contributed by atoms with Crippen molar-refractivity contribution in [2.75, 3.05) is 5.32 Å². The van der Waals surface area contributed by atoms with Gasteiger partial charge in [-0.3, -0.25) is 19.9 Å². The van der Waals surface area contributed by atoms with Crippen molar-refractivity contribution < 1.29 is 18.5 Å². The number of halogens is 2. The molecule has 0 saturated heterocycles. The van der Waals surface area contributed by atoms with E-state index in [0.29, 0.717) is 0 Å². The van der Waals surface area contributed by atoms with Crippen molar-refractivity contribution in [3.63, 3.8) is 0 Å². The van der Waals surface area contributed by atoms with Gasteiger partial charge >= 0.3 is 0 Å². The molecule has 0 unspecified atom stereocenters. The lowest BCUT2D eigenvalue weighted by Crippen LogP contribution is -2.14. The molecule has 2 rings (SSSR count). The van der Waals surface area contributed by atoms with Crippen molar-refractivity contribution in [2.24, 2.45) is 0 Å². The summed E-state index contributed by atoms with van der Waals surface area (Å²) in [6.45, 7) is 1.50. The highest BCUT2D eigenvalue weighted by Gasteiger charge is 2.16. The van der Waals surface area contributed by atoms with Gasteiger partial charge in [-0.1, -0.05) is 0 Å². The molecule has 108 valence electrons. The van der Waals surface area contributed by atoms with Crippen LogP contribution in [0.5, 0.6) is 0 Å². The molecule has 1 aromatic heterocycles. The highest BCUT2D eigenvalue weighted by molar-refractivity contribution is 6.05. The molecule has 0 saturated carbocycles. The Bertz CT molecular complexity index is 735. The molecule has 0 aliphatic rings. The Labute approximate surface area is 117 Å². The van der Waals surface area contributed by atoms with E-state index >= 15 is 0 Å². The van der Waals surface area contributed by atoms with E-state index in [-0.39, 0.29) is 22.6 Å². The molecule has 1 N–H and O–H groups in total. The number of rotatable bonds is 3. The second-order valence-electron chi connectivity index (χ2n) is 4.17. The maximum absolute atomic E-state index is 13.1. The Hall–Kier alpha value is -2.90. The van der Waals surface area contributed by atoms with Crippen LogP contribution >= 0.6 is 0 Å². The molecule has 8 heteroatoms. The van der Waals surface area contributed by atoms with Gasteiger partial charge in [0, 0.05) is 17.8 Å². The Morgan fingerprint density at radius 1 is 1.29 bits per heavy atom. The third-order valence-electron chi connectivity index (χ3n) is 2.71. The van der Waals surface area contributed by atoms with Gasteiger partial charge in [0.2, 0.25) is 0 Å². The van der Waals surface area contributed by atoms with Crippen molar-refractivity contribution >= 4 is 17.3 Å². The number of hydrogen-bond donors (Lipinski definition) is 1. The predicted molar refractivity (Wildman–Crippen MR) is 69.9 cm³/mol. The number of anilines is 1. The molecule has 1 heterocycles. The van der Waals surface area contributed by atoms with E-state index in [1.54, 1.807) is 0 Å². The van der Waals surface area contributed by atoms with Crippen LogP contribution in [0.3, 0.4) is 0 Å². The fourth-order valence-corrected chi connectivity index (χ4v) is 1.62. The summed E-state index contributed by atoms with van der Waals surface area (Å²) in [5.41, 5.74) is -0.0459. The highest BCUT2D eigenvalue weighted by atomic mass is 19.2. The Morgan fingerprint density at radius 2 is 2.00 bits per heavy atom. The van der Waals surface area contributed by atoms with Gasteiger partial charge in [0.1, 0.15) is 6.20 Å². The molecule has 0 radical (unpaired) electrons. The molecule has 2 aromatic rings. The summed E-state index contributed by atoms with van der Waals surface area (Å²) in [7, 11) is 0. The van der Waals surface area contributed by atoms with Crippen LogP contribution in [0, 0.1) is 28.7 Å². The van der Waals surface area contributed by atoms with Gasteiger partial charge in [-0.15, -0.1) is 0 Å². The maximum atomic E-state index is 13.1. The van der Waals surface area contributed by atoms with E-state index < -0.39 is 22.5 Å². The largest absolute Gasteiger partial charge is 0.322 e. The third kappa shape index (κ3) is 3.16. The lowest BCUT2D eigenvalue weighted by Gasteiger charge is -2.07. The Kier molecular flexibility index (Phi) is 3.88. The van der Waals surface area contributed by atoms with E-state index in [1.807, 2.05) is 0 Å². The number of nitro groups is 1. The number of amides is 1. The lowest BCUT2D eigenvalue weighted by atomic mass is 10.1. The predicted octanol–water partition coefficient (Wildman–Crippen LogP) is 2.83. The molecule has 0 atom stereocenters. The van der Waals surface area contributed by atoms with Crippen molar-refractivity contribution in [3.8, 4) is 0 Å². The van der Waals surface area contributed by atoms with Crippen LogP contribution in [0.2, 0.25) is 0 Å². The standard InChI is InChI=1S/C13H9F2N3O3/c1-7-10(5-9(6-16-7)18(20)21)13(19)17-8-2-3-11(14)12(15)4-8/h2-6H,1H3,(H,17,19). The quantitative estimate of drug-likeness (QED) is 0.696. The van der Waals surface area contributed by atoms with Gasteiger partial charge in [0.05, 0.1) is 16.2 Å². The van der Waals surface area contributed by atoms with Crippen molar-refractivity contribution in [2.45, 2.75) is 6.92 Å². The number of benzene rings is 1. The number of carbonyl (C=O) groups is 1. The van der Waals surface area contributed by atoms with Crippen LogP contribution in [0.1, 0.15) is 16.1 Å². The number of hydrogen-bond acceptors (Lipinski definition) is 4. The molecule has 6 nitrogen and oxygen atoms in total. The number of aryl methyl sites for hydroxylation is 1. The zero-order chi connectivity index (χ0) is 15.6. The van der Waals surface area contributed by atoms with Crippen LogP contribution in [0.15, 0.2) is 30.5 Å². The number of carbonyl (C=O) groups excluding carboxylic acids is 1. The zero-order valence-electron chi connectivity index (χ0n) is 10.8. The average Bonchev–Trinajstić information content (AvgIpc) is 2.43. The van der Waals surface area contributed by atoms with Crippen molar-refractivity contribution in [3.05, 3.63) is 63.5 Å². The maximum Gasteiger partial charge on any atom is 0.288 e. The topological polar surface area (TPSA) is 85.1 Å². The van der Waals surface area contributed by atoms with E-state index in [9.17, 15) is 23.7 Å². The lowest BCUT2D eigenvalue weighted by molar-refractivity contribution is -0.385. The Balaban J connectivity index is 2.29. The van der Waals surface area contributed by atoms with Gasteiger partial charge in [-0.25, -0.2) is 8.78 Å². The molecule has 0 aliphatic heterocycles. The molecule has 0 spiro atoms. The van der Waals surface area contributed by atoms with E-state index in [1.165, 1.54) is 13.0 Å². The molecular formula is C13H9F2N3O3. The summed E-state index contributed by atoms with van der Waals surface area (Å²) in [6, 6.07) is 3.92. The molecule has 21 heavy (non-hydrogen) atoms. The minimum atomic E-state index is -1.11. The van der Waals surface area contributed by atoms with E-state index in [0.717, 1.165) is 24.4 Å². The minimum Gasteiger partial charge on any atom is -0.322 e. The number of pyridine rings is 1. The SMILES string of the molecule is Cc1ncc([N+](=O)[O-])cc1C(=O)Nc1ccc(F)c(F)c1. The second kappa shape index (κ2) is 5.61. The number of nitrogens with one attached hydrogen (secondary N) is 1. The first-order valence-corrected chi connectivity index (χ1v) is 5.76. The van der Waals surface area contributed by atoms with Gasteiger partial charge in [-0.05, 0) is 19.1 Å². The van der Waals surface area contributed by atoms with Crippen molar-refractivity contribution in [1.29, 1.82) is 0 Å². The molecular weight excluding hydrogens is 284 g/mol. The highest BCUT2D eigenvalue weighted by Crippen LogP contribution is 2.18. The number of aromatic nitrogens is 1. The van der Waals surface area contributed by atoms with Crippen LogP contribution in [-0.2, 0) is 0 Å². The first-order valence-electron chi connectivity index (χ1n) is 5.76. The molecule has 1 amide bonds. The summed E-state index contributed by atoms with van der Waals surface area (Å²) in [4.78, 5) is 25.8. The average molecular weight is 293 g/mol. The normalized spacial score (nSPS) is 10.2. The molecule has 0 fully saturated rings. The van der Waals surface area contributed by atoms with Crippen LogP contribution < -0.4 is 5.32 Å². The second-order valence-corrected chi connectivity index (χ2v) is 4.17. The molecule has 0 bridgehead atoms. The fourth-order valence-electron chi connectivity index (χ4n) is 1.62. The van der Waals surface area contributed by atoms with Gasteiger partial charge in [0.15, 0.2) is 11.6 Å². The van der Waals surface area contributed by atoms with Crippen molar-refractivity contribution in [1.82, 2.24) is 4.98 Å². The van der Waals surface area contributed by atoms with E-state index in [2.05, 4.69) is 10.3 Å². The summed E-state index contributed by atoms with van der Waals surface area (Å²) >= 11 is 0. The summed E-state index contributed by atoms with van der Waals surface area (Å²) in [6.07, 6.45) is 1.03. The van der Waals surface area contributed by atoms with Crippen LogP contribution in [0.25, 0.3) is 0 Å². The third-order valence-corrected chi connectivity index (χ3v) is 2.71.